The highest BCUT2D eigenvalue weighted by Crippen LogP contribution is 2.33. The first-order valence-corrected chi connectivity index (χ1v) is 7.20. The Hall–Kier alpha value is -3.02. The van der Waals surface area contributed by atoms with Gasteiger partial charge >= 0.3 is 0 Å². The summed E-state index contributed by atoms with van der Waals surface area (Å²) in [6, 6.07) is 11.5. The molecule has 0 spiro atoms. The third-order valence-corrected chi connectivity index (χ3v) is 3.34. The van der Waals surface area contributed by atoms with Crippen molar-refractivity contribution in [1.29, 1.82) is 5.41 Å². The van der Waals surface area contributed by atoms with E-state index in [4.69, 9.17) is 25.4 Å². The summed E-state index contributed by atoms with van der Waals surface area (Å²) in [4.78, 5) is 0. The standard InChI is InChI=1S/C18H19FN2O3/c1-22-16-9-5-7-13(18(16)23-2)15(20)10-17(21)24-11-12-6-3-4-8-14(12)19/h3-10,21H,11,20H2,1-2H3/b15-10-,21-17?. The highest BCUT2D eigenvalue weighted by Gasteiger charge is 2.12. The number of nitrogens with two attached hydrogens (primary N) is 1. The highest BCUT2D eigenvalue weighted by molar-refractivity contribution is 5.93. The van der Waals surface area contributed by atoms with E-state index in [1.165, 1.54) is 26.4 Å². The fraction of sp³-hybridized carbons (Fsp3) is 0.167. The number of hydrogen-bond acceptors (Lipinski definition) is 5. The summed E-state index contributed by atoms with van der Waals surface area (Å²) in [5, 5.41) is 7.84. The number of hydrogen-bond donors (Lipinski definition) is 2. The predicted molar refractivity (Wildman–Crippen MR) is 90.6 cm³/mol. The summed E-state index contributed by atoms with van der Waals surface area (Å²) in [5.41, 5.74) is 7.26. The molecule has 0 atom stereocenters. The molecule has 5 nitrogen and oxygen atoms in total. The van der Waals surface area contributed by atoms with Gasteiger partial charge in [0.05, 0.1) is 14.2 Å². The van der Waals surface area contributed by atoms with E-state index < -0.39 is 0 Å². The molecule has 0 saturated heterocycles. The van der Waals surface area contributed by atoms with Gasteiger partial charge in [-0.15, -0.1) is 0 Å². The van der Waals surface area contributed by atoms with E-state index >= 15 is 0 Å². The van der Waals surface area contributed by atoms with Crippen LogP contribution in [0.5, 0.6) is 11.5 Å². The average molecular weight is 330 g/mol. The van der Waals surface area contributed by atoms with Crippen LogP contribution in [0.25, 0.3) is 5.70 Å². The lowest BCUT2D eigenvalue weighted by Crippen LogP contribution is -2.07. The number of nitrogens with one attached hydrogen (secondary N) is 1. The Balaban J connectivity index is 2.13. The van der Waals surface area contributed by atoms with Crippen molar-refractivity contribution in [1.82, 2.24) is 0 Å². The van der Waals surface area contributed by atoms with Crippen LogP contribution >= 0.6 is 0 Å². The Morgan fingerprint density at radius 1 is 1.12 bits per heavy atom. The maximum atomic E-state index is 13.5. The van der Waals surface area contributed by atoms with Crippen molar-refractivity contribution >= 4 is 11.6 Å². The minimum Gasteiger partial charge on any atom is -0.493 e. The lowest BCUT2D eigenvalue weighted by Gasteiger charge is -2.13. The second kappa shape index (κ2) is 8.01. The Morgan fingerprint density at radius 2 is 1.88 bits per heavy atom. The minimum atomic E-state index is -0.378. The van der Waals surface area contributed by atoms with E-state index in [2.05, 4.69) is 0 Å². The summed E-state index contributed by atoms with van der Waals surface area (Å²) in [5.74, 6) is 0.443. The molecule has 0 aliphatic carbocycles. The number of methoxy groups -OCH3 is 2. The van der Waals surface area contributed by atoms with Crippen molar-refractivity contribution in [2.75, 3.05) is 14.2 Å². The summed E-state index contributed by atoms with van der Waals surface area (Å²) in [6.07, 6.45) is 1.35. The average Bonchev–Trinajstić information content (AvgIpc) is 2.60. The van der Waals surface area contributed by atoms with Crippen molar-refractivity contribution < 1.29 is 18.6 Å². The van der Waals surface area contributed by atoms with E-state index in [-0.39, 0.29) is 24.0 Å². The smallest absolute Gasteiger partial charge is 0.208 e. The van der Waals surface area contributed by atoms with Crippen molar-refractivity contribution in [3.8, 4) is 11.5 Å². The lowest BCUT2D eigenvalue weighted by atomic mass is 10.1. The number of ether oxygens (including phenoxy) is 3. The zero-order valence-electron chi connectivity index (χ0n) is 13.5. The Morgan fingerprint density at radius 3 is 2.54 bits per heavy atom. The van der Waals surface area contributed by atoms with E-state index in [0.29, 0.717) is 22.6 Å². The van der Waals surface area contributed by atoms with Gasteiger partial charge in [0.2, 0.25) is 5.90 Å². The van der Waals surface area contributed by atoms with E-state index in [1.807, 2.05) is 0 Å². The molecular weight excluding hydrogens is 311 g/mol. The highest BCUT2D eigenvalue weighted by atomic mass is 19.1. The quantitative estimate of drug-likeness (QED) is 0.629. The van der Waals surface area contributed by atoms with Crippen LogP contribution < -0.4 is 15.2 Å². The molecular formula is C18H19FN2O3. The molecule has 0 heterocycles. The molecule has 0 aromatic heterocycles. The first-order valence-electron chi connectivity index (χ1n) is 7.20. The molecule has 2 rings (SSSR count). The molecule has 0 aliphatic rings. The zero-order valence-corrected chi connectivity index (χ0v) is 13.5. The molecule has 0 unspecified atom stereocenters. The van der Waals surface area contributed by atoms with Crippen LogP contribution in [0.1, 0.15) is 11.1 Å². The zero-order chi connectivity index (χ0) is 17.5. The first-order chi connectivity index (χ1) is 11.6. The van der Waals surface area contributed by atoms with Gasteiger partial charge in [-0.25, -0.2) is 4.39 Å². The van der Waals surface area contributed by atoms with Crippen molar-refractivity contribution in [3.05, 3.63) is 65.5 Å². The van der Waals surface area contributed by atoms with Crippen molar-refractivity contribution in [2.45, 2.75) is 6.61 Å². The molecule has 0 amide bonds. The number of para-hydroxylation sites is 1. The predicted octanol–water partition coefficient (Wildman–Crippen LogP) is 3.34. The number of halogens is 1. The molecule has 0 radical (unpaired) electrons. The molecule has 3 N–H and O–H groups in total. The molecule has 2 aromatic rings. The van der Waals surface area contributed by atoms with Gasteiger partial charge in [0.25, 0.3) is 0 Å². The van der Waals surface area contributed by atoms with Crippen LogP contribution in [0.2, 0.25) is 0 Å². The molecule has 0 fully saturated rings. The Labute approximate surface area is 140 Å². The van der Waals surface area contributed by atoms with E-state index in [1.54, 1.807) is 36.4 Å². The summed E-state index contributed by atoms with van der Waals surface area (Å²) < 4.78 is 29.3. The number of benzene rings is 2. The summed E-state index contributed by atoms with van der Waals surface area (Å²) in [6.45, 7) is -0.0511. The normalized spacial score (nSPS) is 11.0. The SMILES string of the molecule is COc1cccc(/C(N)=C/C(=N)OCc2ccccc2F)c1OC. The van der Waals surface area contributed by atoms with Crippen molar-refractivity contribution in [2.24, 2.45) is 5.73 Å². The third kappa shape index (κ3) is 4.04. The van der Waals surface area contributed by atoms with Gasteiger partial charge in [-0.3, -0.25) is 5.41 Å². The summed E-state index contributed by atoms with van der Waals surface area (Å²) in [7, 11) is 3.04. The Kier molecular flexibility index (Phi) is 5.78. The van der Waals surface area contributed by atoms with Crippen LogP contribution in [0.4, 0.5) is 4.39 Å². The van der Waals surface area contributed by atoms with Gasteiger partial charge in [-0.05, 0) is 18.2 Å². The largest absolute Gasteiger partial charge is 0.493 e. The van der Waals surface area contributed by atoms with Gasteiger partial charge in [0.1, 0.15) is 12.4 Å². The fourth-order valence-corrected chi connectivity index (χ4v) is 2.15. The number of rotatable bonds is 6. The third-order valence-electron chi connectivity index (χ3n) is 3.34. The Bertz CT molecular complexity index is 760. The second-order valence-corrected chi connectivity index (χ2v) is 4.89. The second-order valence-electron chi connectivity index (χ2n) is 4.89. The molecule has 2 aromatic carbocycles. The van der Waals surface area contributed by atoms with Gasteiger partial charge in [-0.1, -0.05) is 24.3 Å². The van der Waals surface area contributed by atoms with Gasteiger partial charge in [0.15, 0.2) is 11.5 Å². The van der Waals surface area contributed by atoms with Crippen molar-refractivity contribution in [3.63, 3.8) is 0 Å². The van der Waals surface area contributed by atoms with Gasteiger partial charge < -0.3 is 19.9 Å². The molecule has 126 valence electrons. The van der Waals surface area contributed by atoms with E-state index in [9.17, 15) is 4.39 Å². The van der Waals surface area contributed by atoms with Crippen LogP contribution in [0, 0.1) is 11.2 Å². The minimum absolute atomic E-state index is 0.0511. The van der Waals surface area contributed by atoms with Crippen LogP contribution in [-0.4, -0.2) is 20.1 Å². The monoisotopic (exact) mass is 330 g/mol. The maximum absolute atomic E-state index is 13.5. The maximum Gasteiger partial charge on any atom is 0.208 e. The van der Waals surface area contributed by atoms with E-state index in [0.717, 1.165) is 0 Å². The van der Waals surface area contributed by atoms with Gasteiger partial charge in [-0.2, -0.15) is 0 Å². The van der Waals surface area contributed by atoms with Crippen LogP contribution in [-0.2, 0) is 11.3 Å². The fourth-order valence-electron chi connectivity index (χ4n) is 2.15. The lowest BCUT2D eigenvalue weighted by molar-refractivity contribution is 0.286. The molecule has 6 heteroatoms. The van der Waals surface area contributed by atoms with Crippen LogP contribution in [0.3, 0.4) is 0 Å². The molecule has 0 saturated carbocycles. The topological polar surface area (TPSA) is 77.6 Å². The molecule has 0 aliphatic heterocycles. The van der Waals surface area contributed by atoms with Crippen LogP contribution in [0.15, 0.2) is 48.5 Å². The first kappa shape index (κ1) is 17.3. The summed E-state index contributed by atoms with van der Waals surface area (Å²) >= 11 is 0. The van der Waals surface area contributed by atoms with Gasteiger partial charge in [0, 0.05) is 22.9 Å². The molecule has 0 bridgehead atoms. The molecule has 24 heavy (non-hydrogen) atoms.